The quantitative estimate of drug-likeness (QED) is 0.369. The fraction of sp³-hybridized carbons (Fsp3) is 0.370. The average Bonchev–Trinajstić information content (AvgIpc) is 3.32. The molecular weight excluding hydrogens is 402 g/mol. The molecule has 3 aromatic rings. The molecule has 0 spiro atoms. The van der Waals surface area contributed by atoms with Gasteiger partial charge in [-0.05, 0) is 56.2 Å². The molecule has 5 nitrogen and oxygen atoms in total. The van der Waals surface area contributed by atoms with E-state index in [1.807, 2.05) is 68.1 Å². The largest absolute Gasteiger partial charge is 0.496 e. The zero-order chi connectivity index (χ0) is 22.9. The Morgan fingerprint density at radius 3 is 2.41 bits per heavy atom. The van der Waals surface area contributed by atoms with Crippen LogP contribution in [0.1, 0.15) is 56.4 Å². The highest BCUT2D eigenvalue weighted by atomic mass is 16.5. The first kappa shape index (κ1) is 23.5. The van der Waals surface area contributed by atoms with Gasteiger partial charge in [-0.3, -0.25) is 4.79 Å². The van der Waals surface area contributed by atoms with E-state index in [0.29, 0.717) is 19.5 Å². The maximum Gasteiger partial charge on any atom is 0.222 e. The third kappa shape index (κ3) is 6.16. The summed E-state index contributed by atoms with van der Waals surface area (Å²) in [6.45, 7) is 7.01. The SMILES string of the molecule is CCC(=O)N(CC[C@@H](c1ccc(OC(C)C)cc1)c1ccccc1OC)Cc1ccco1. The Hall–Kier alpha value is -3.21. The molecular formula is C27H33NO4. The van der Waals surface area contributed by atoms with E-state index in [0.717, 1.165) is 34.8 Å². The van der Waals surface area contributed by atoms with Crippen LogP contribution in [-0.2, 0) is 11.3 Å². The number of amides is 1. The Kier molecular flexibility index (Phi) is 8.37. The van der Waals surface area contributed by atoms with Gasteiger partial charge >= 0.3 is 0 Å². The van der Waals surface area contributed by atoms with Gasteiger partial charge in [0.2, 0.25) is 5.91 Å². The first-order valence-electron chi connectivity index (χ1n) is 11.2. The normalized spacial score (nSPS) is 11.9. The lowest BCUT2D eigenvalue weighted by molar-refractivity contribution is -0.131. The number of hydrogen-bond acceptors (Lipinski definition) is 4. The molecule has 0 unspecified atom stereocenters. The minimum Gasteiger partial charge on any atom is -0.496 e. The highest BCUT2D eigenvalue weighted by molar-refractivity contribution is 5.75. The van der Waals surface area contributed by atoms with Crippen molar-refractivity contribution in [3.8, 4) is 11.5 Å². The van der Waals surface area contributed by atoms with Gasteiger partial charge in [-0.1, -0.05) is 37.3 Å². The molecule has 32 heavy (non-hydrogen) atoms. The molecule has 0 fully saturated rings. The number of furan rings is 1. The van der Waals surface area contributed by atoms with Crippen molar-refractivity contribution in [3.63, 3.8) is 0 Å². The van der Waals surface area contributed by atoms with Crippen LogP contribution in [-0.4, -0.2) is 30.6 Å². The smallest absolute Gasteiger partial charge is 0.222 e. The molecule has 170 valence electrons. The van der Waals surface area contributed by atoms with E-state index >= 15 is 0 Å². The number of benzene rings is 2. The van der Waals surface area contributed by atoms with Crippen LogP contribution in [0.25, 0.3) is 0 Å². The van der Waals surface area contributed by atoms with Crippen molar-refractivity contribution >= 4 is 5.91 Å². The minimum atomic E-state index is 0.0722. The Bertz CT molecular complexity index is 964. The van der Waals surface area contributed by atoms with E-state index in [9.17, 15) is 4.79 Å². The second kappa shape index (κ2) is 11.4. The highest BCUT2D eigenvalue weighted by Crippen LogP contribution is 2.35. The van der Waals surface area contributed by atoms with Gasteiger partial charge in [-0.15, -0.1) is 0 Å². The number of methoxy groups -OCH3 is 1. The van der Waals surface area contributed by atoms with Crippen molar-refractivity contribution in [2.45, 2.75) is 52.2 Å². The van der Waals surface area contributed by atoms with E-state index in [4.69, 9.17) is 13.9 Å². The number of ether oxygens (including phenoxy) is 2. The number of nitrogens with zero attached hydrogens (tertiary/aromatic N) is 1. The van der Waals surface area contributed by atoms with Crippen LogP contribution < -0.4 is 9.47 Å². The minimum absolute atomic E-state index is 0.0722. The van der Waals surface area contributed by atoms with Gasteiger partial charge in [0.05, 0.1) is 26.0 Å². The summed E-state index contributed by atoms with van der Waals surface area (Å²) >= 11 is 0. The summed E-state index contributed by atoms with van der Waals surface area (Å²) in [4.78, 5) is 14.5. The first-order valence-corrected chi connectivity index (χ1v) is 11.2. The van der Waals surface area contributed by atoms with Gasteiger partial charge in [-0.25, -0.2) is 0 Å². The Morgan fingerprint density at radius 1 is 1.03 bits per heavy atom. The molecule has 0 aliphatic heterocycles. The molecule has 2 aromatic carbocycles. The predicted octanol–water partition coefficient (Wildman–Crippen LogP) is 6.04. The summed E-state index contributed by atoms with van der Waals surface area (Å²) in [5.41, 5.74) is 2.27. The Balaban J connectivity index is 1.87. The van der Waals surface area contributed by atoms with Crippen molar-refractivity contribution in [3.05, 3.63) is 83.8 Å². The molecule has 0 radical (unpaired) electrons. The fourth-order valence-corrected chi connectivity index (χ4v) is 3.90. The molecule has 1 amide bonds. The van der Waals surface area contributed by atoms with Crippen LogP contribution in [0, 0.1) is 0 Å². The topological polar surface area (TPSA) is 51.9 Å². The summed E-state index contributed by atoms with van der Waals surface area (Å²) in [6, 6.07) is 20.1. The third-order valence-corrected chi connectivity index (χ3v) is 5.44. The molecule has 0 aliphatic carbocycles. The molecule has 1 heterocycles. The Morgan fingerprint density at radius 2 is 1.78 bits per heavy atom. The second-order valence-corrected chi connectivity index (χ2v) is 8.07. The standard InChI is InChI=1S/C27H33NO4/c1-5-27(29)28(19-23-9-8-18-31-23)17-16-24(25-10-6-7-11-26(25)30-4)21-12-14-22(15-13-21)32-20(2)3/h6-15,18,20,24H,5,16-17,19H2,1-4H3/t24-/m0/s1. The van der Waals surface area contributed by atoms with Gasteiger partial charge in [0, 0.05) is 24.4 Å². The molecule has 0 bridgehead atoms. The predicted molar refractivity (Wildman–Crippen MR) is 126 cm³/mol. The van der Waals surface area contributed by atoms with E-state index in [2.05, 4.69) is 18.2 Å². The van der Waals surface area contributed by atoms with Gasteiger partial charge in [0.25, 0.3) is 0 Å². The van der Waals surface area contributed by atoms with Crippen LogP contribution in [0.4, 0.5) is 0 Å². The molecule has 0 saturated heterocycles. The number of hydrogen-bond donors (Lipinski definition) is 0. The van der Waals surface area contributed by atoms with Gasteiger partial charge in [0.1, 0.15) is 17.3 Å². The molecule has 1 atom stereocenters. The van der Waals surface area contributed by atoms with Crippen molar-refractivity contribution in [2.24, 2.45) is 0 Å². The molecule has 5 heteroatoms. The lowest BCUT2D eigenvalue weighted by Gasteiger charge is -2.26. The van der Waals surface area contributed by atoms with Gasteiger partial charge in [0.15, 0.2) is 0 Å². The average molecular weight is 436 g/mol. The van der Waals surface area contributed by atoms with E-state index in [1.54, 1.807) is 13.4 Å². The molecule has 1 aromatic heterocycles. The number of rotatable bonds is 11. The lowest BCUT2D eigenvalue weighted by atomic mass is 9.87. The Labute approximate surface area is 191 Å². The number of carbonyl (C=O) groups is 1. The maximum absolute atomic E-state index is 12.6. The van der Waals surface area contributed by atoms with Crippen molar-refractivity contribution in [1.82, 2.24) is 4.90 Å². The molecule has 0 N–H and O–H groups in total. The maximum atomic E-state index is 12.6. The molecule has 0 saturated carbocycles. The number of carbonyl (C=O) groups excluding carboxylic acids is 1. The van der Waals surface area contributed by atoms with Crippen molar-refractivity contribution in [1.29, 1.82) is 0 Å². The van der Waals surface area contributed by atoms with Crippen LogP contribution in [0.2, 0.25) is 0 Å². The zero-order valence-electron chi connectivity index (χ0n) is 19.4. The summed E-state index contributed by atoms with van der Waals surface area (Å²) in [7, 11) is 1.69. The van der Waals surface area contributed by atoms with Crippen LogP contribution >= 0.6 is 0 Å². The second-order valence-electron chi connectivity index (χ2n) is 8.07. The zero-order valence-corrected chi connectivity index (χ0v) is 19.4. The van der Waals surface area contributed by atoms with Crippen molar-refractivity contribution < 1.29 is 18.7 Å². The highest BCUT2D eigenvalue weighted by Gasteiger charge is 2.22. The van der Waals surface area contributed by atoms with E-state index < -0.39 is 0 Å². The summed E-state index contributed by atoms with van der Waals surface area (Å²) in [5.74, 6) is 2.67. The molecule has 3 rings (SSSR count). The lowest BCUT2D eigenvalue weighted by Crippen LogP contribution is -2.31. The third-order valence-electron chi connectivity index (χ3n) is 5.44. The van der Waals surface area contributed by atoms with E-state index in [-0.39, 0.29) is 17.9 Å². The van der Waals surface area contributed by atoms with Gasteiger partial charge in [-0.2, -0.15) is 0 Å². The van der Waals surface area contributed by atoms with Crippen LogP contribution in [0.5, 0.6) is 11.5 Å². The summed E-state index contributed by atoms with van der Waals surface area (Å²) < 4.78 is 17.0. The van der Waals surface area contributed by atoms with Crippen LogP contribution in [0.3, 0.4) is 0 Å². The summed E-state index contributed by atoms with van der Waals surface area (Å²) in [5, 5.41) is 0. The first-order chi connectivity index (χ1) is 15.5. The van der Waals surface area contributed by atoms with Crippen molar-refractivity contribution in [2.75, 3.05) is 13.7 Å². The van der Waals surface area contributed by atoms with Crippen LogP contribution in [0.15, 0.2) is 71.3 Å². The van der Waals surface area contributed by atoms with E-state index in [1.165, 1.54) is 0 Å². The molecule has 0 aliphatic rings. The summed E-state index contributed by atoms with van der Waals surface area (Å²) in [6.07, 6.45) is 2.99. The fourth-order valence-electron chi connectivity index (χ4n) is 3.90. The van der Waals surface area contributed by atoms with Gasteiger partial charge < -0.3 is 18.8 Å². The monoisotopic (exact) mass is 435 g/mol. The number of para-hydroxylation sites is 1.